The Morgan fingerprint density at radius 3 is 2.65 bits per heavy atom. The highest BCUT2D eigenvalue weighted by Crippen LogP contribution is 2.59. The fourth-order valence-electron chi connectivity index (χ4n) is 3.38. The van der Waals surface area contributed by atoms with Gasteiger partial charge < -0.3 is 10.2 Å². The van der Waals surface area contributed by atoms with E-state index in [9.17, 15) is 4.79 Å². The topological polar surface area (TPSA) is 32.3 Å². The normalized spacial score (nSPS) is 30.3. The van der Waals surface area contributed by atoms with Crippen LogP contribution < -0.4 is 5.32 Å². The Morgan fingerprint density at radius 1 is 1.35 bits per heavy atom. The Balaban J connectivity index is 1.58. The van der Waals surface area contributed by atoms with E-state index in [1.54, 1.807) is 0 Å². The molecule has 1 atom stereocenters. The number of piperidine rings is 1. The number of carbonyl (C=O) groups excluding carboxylic acids is 1. The summed E-state index contributed by atoms with van der Waals surface area (Å²) in [6.45, 7) is 6.27. The maximum absolute atomic E-state index is 12.5. The number of carbonyl (C=O) groups is 1. The summed E-state index contributed by atoms with van der Waals surface area (Å²) in [6, 6.07) is 0. The second-order valence-electron chi connectivity index (χ2n) is 6.19. The average molecular weight is 236 g/mol. The molecule has 0 aromatic rings. The van der Waals surface area contributed by atoms with Crippen LogP contribution in [0.1, 0.15) is 39.0 Å². The molecule has 2 saturated carbocycles. The number of hydrogen-bond donors (Lipinski definition) is 1. The molecule has 3 rings (SSSR count). The van der Waals surface area contributed by atoms with Crippen LogP contribution in [-0.2, 0) is 4.79 Å². The van der Waals surface area contributed by atoms with Gasteiger partial charge in [-0.1, -0.05) is 0 Å². The lowest BCUT2D eigenvalue weighted by molar-refractivity contribution is -0.133. The zero-order chi connectivity index (χ0) is 11.9. The average Bonchev–Trinajstić information content (AvgIpc) is 3.25. The van der Waals surface area contributed by atoms with Crippen LogP contribution >= 0.6 is 0 Å². The molecule has 96 valence electrons. The van der Waals surface area contributed by atoms with E-state index in [4.69, 9.17) is 0 Å². The largest absolute Gasteiger partial charge is 0.342 e. The van der Waals surface area contributed by atoms with Crippen molar-refractivity contribution in [2.24, 2.45) is 17.3 Å². The van der Waals surface area contributed by atoms with E-state index in [0.717, 1.165) is 38.5 Å². The number of nitrogens with one attached hydrogen (secondary N) is 1. The zero-order valence-corrected chi connectivity index (χ0v) is 10.9. The summed E-state index contributed by atoms with van der Waals surface area (Å²) in [4.78, 5) is 14.6. The van der Waals surface area contributed by atoms with Crippen LogP contribution in [0.3, 0.4) is 0 Å². The van der Waals surface area contributed by atoms with Crippen LogP contribution in [0.15, 0.2) is 0 Å². The summed E-state index contributed by atoms with van der Waals surface area (Å²) in [5.41, 5.74) is 0.402. The number of rotatable bonds is 4. The quantitative estimate of drug-likeness (QED) is 0.804. The molecule has 1 aliphatic heterocycles. The Hall–Kier alpha value is -0.570. The van der Waals surface area contributed by atoms with Crippen LogP contribution in [0.25, 0.3) is 0 Å². The summed E-state index contributed by atoms with van der Waals surface area (Å²) in [5, 5.41) is 3.40. The first-order chi connectivity index (χ1) is 8.25. The number of amides is 1. The second kappa shape index (κ2) is 4.27. The minimum Gasteiger partial charge on any atom is -0.342 e. The lowest BCUT2D eigenvalue weighted by Crippen LogP contribution is -2.37. The molecule has 1 N–H and O–H groups in total. The van der Waals surface area contributed by atoms with Gasteiger partial charge in [0.2, 0.25) is 5.91 Å². The van der Waals surface area contributed by atoms with E-state index in [-0.39, 0.29) is 0 Å². The van der Waals surface area contributed by atoms with Crippen molar-refractivity contribution in [2.75, 3.05) is 26.2 Å². The predicted molar refractivity (Wildman–Crippen MR) is 67.6 cm³/mol. The van der Waals surface area contributed by atoms with Crippen LogP contribution in [-0.4, -0.2) is 37.0 Å². The first kappa shape index (κ1) is 11.5. The fourth-order valence-corrected chi connectivity index (χ4v) is 3.38. The first-order valence-corrected chi connectivity index (χ1v) is 7.25. The van der Waals surface area contributed by atoms with Gasteiger partial charge >= 0.3 is 0 Å². The molecule has 0 bridgehead atoms. The maximum atomic E-state index is 12.5. The predicted octanol–water partition coefficient (Wildman–Crippen LogP) is 1.63. The van der Waals surface area contributed by atoms with Crippen molar-refractivity contribution in [3.63, 3.8) is 0 Å². The molecule has 0 radical (unpaired) electrons. The van der Waals surface area contributed by atoms with E-state index >= 15 is 0 Å². The zero-order valence-electron chi connectivity index (χ0n) is 10.9. The Kier molecular flexibility index (Phi) is 2.89. The highest BCUT2D eigenvalue weighted by Gasteiger charge is 2.58. The maximum Gasteiger partial charge on any atom is 0.226 e. The monoisotopic (exact) mass is 236 g/mol. The van der Waals surface area contributed by atoms with Gasteiger partial charge in [0.25, 0.3) is 0 Å². The van der Waals surface area contributed by atoms with Crippen molar-refractivity contribution in [2.45, 2.75) is 39.0 Å². The summed E-state index contributed by atoms with van der Waals surface area (Å²) in [7, 11) is 0. The standard InChI is InChI=1S/C14H24N2O/c1-2-16(10-11-3-4-11)13(17)12-9-14(12)5-7-15-8-6-14/h11-12,15H,2-10H2,1H3. The molecule has 2 aliphatic carbocycles. The minimum absolute atomic E-state index is 0.364. The molecule has 1 amide bonds. The van der Waals surface area contributed by atoms with E-state index in [1.807, 2.05) is 0 Å². The molecule has 17 heavy (non-hydrogen) atoms. The van der Waals surface area contributed by atoms with E-state index in [0.29, 0.717) is 17.2 Å². The second-order valence-corrected chi connectivity index (χ2v) is 6.19. The van der Waals surface area contributed by atoms with Gasteiger partial charge in [-0.15, -0.1) is 0 Å². The molecule has 0 aromatic carbocycles. The third kappa shape index (κ3) is 2.22. The Labute approximate surface area is 104 Å². The van der Waals surface area contributed by atoms with E-state index in [1.165, 1.54) is 25.7 Å². The molecule has 1 saturated heterocycles. The van der Waals surface area contributed by atoms with Crippen molar-refractivity contribution in [1.29, 1.82) is 0 Å². The van der Waals surface area contributed by atoms with Gasteiger partial charge in [-0.3, -0.25) is 4.79 Å². The minimum atomic E-state index is 0.364. The fraction of sp³-hybridized carbons (Fsp3) is 0.929. The summed E-state index contributed by atoms with van der Waals surface area (Å²) in [5.74, 6) is 1.64. The highest BCUT2D eigenvalue weighted by atomic mass is 16.2. The molecule has 1 spiro atoms. The molecular weight excluding hydrogens is 212 g/mol. The molecule has 3 heteroatoms. The molecular formula is C14H24N2O. The van der Waals surface area contributed by atoms with Crippen molar-refractivity contribution in [1.82, 2.24) is 10.2 Å². The van der Waals surface area contributed by atoms with E-state index in [2.05, 4.69) is 17.1 Å². The van der Waals surface area contributed by atoms with Gasteiger partial charge in [-0.2, -0.15) is 0 Å². The molecule has 3 nitrogen and oxygen atoms in total. The van der Waals surface area contributed by atoms with Crippen molar-refractivity contribution in [3.8, 4) is 0 Å². The molecule has 0 aromatic heterocycles. The van der Waals surface area contributed by atoms with Gasteiger partial charge in [0.05, 0.1) is 0 Å². The van der Waals surface area contributed by atoms with E-state index < -0.39 is 0 Å². The summed E-state index contributed by atoms with van der Waals surface area (Å²) in [6.07, 6.45) is 6.26. The van der Waals surface area contributed by atoms with Crippen LogP contribution in [0.4, 0.5) is 0 Å². The lowest BCUT2D eigenvalue weighted by Gasteiger charge is -2.26. The van der Waals surface area contributed by atoms with Crippen molar-refractivity contribution >= 4 is 5.91 Å². The van der Waals surface area contributed by atoms with Gasteiger partial charge in [0.1, 0.15) is 0 Å². The number of nitrogens with zero attached hydrogens (tertiary/aromatic N) is 1. The van der Waals surface area contributed by atoms with Gasteiger partial charge in [-0.05, 0) is 63.5 Å². The molecule has 3 fully saturated rings. The Bertz CT molecular complexity index is 305. The Morgan fingerprint density at radius 2 is 2.06 bits per heavy atom. The van der Waals surface area contributed by atoms with Crippen molar-refractivity contribution < 1.29 is 4.79 Å². The first-order valence-electron chi connectivity index (χ1n) is 7.25. The lowest BCUT2D eigenvalue weighted by atomic mass is 9.91. The van der Waals surface area contributed by atoms with Crippen LogP contribution in [0.2, 0.25) is 0 Å². The molecule has 1 unspecified atom stereocenters. The third-order valence-electron chi connectivity index (χ3n) is 4.96. The van der Waals surface area contributed by atoms with Crippen molar-refractivity contribution in [3.05, 3.63) is 0 Å². The molecule has 1 heterocycles. The van der Waals surface area contributed by atoms with Gasteiger partial charge in [0.15, 0.2) is 0 Å². The third-order valence-corrected chi connectivity index (χ3v) is 4.96. The van der Waals surface area contributed by atoms with Crippen LogP contribution in [0, 0.1) is 17.3 Å². The number of hydrogen-bond acceptors (Lipinski definition) is 2. The van der Waals surface area contributed by atoms with Crippen LogP contribution in [0.5, 0.6) is 0 Å². The van der Waals surface area contributed by atoms with Gasteiger partial charge in [-0.25, -0.2) is 0 Å². The smallest absolute Gasteiger partial charge is 0.226 e. The summed E-state index contributed by atoms with van der Waals surface area (Å²) >= 11 is 0. The SMILES string of the molecule is CCN(CC1CC1)C(=O)C1CC12CCNCC2. The molecule has 3 aliphatic rings. The van der Waals surface area contributed by atoms with Gasteiger partial charge in [0, 0.05) is 19.0 Å². The summed E-state index contributed by atoms with van der Waals surface area (Å²) < 4.78 is 0. The highest BCUT2D eigenvalue weighted by molar-refractivity contribution is 5.82.